The van der Waals surface area contributed by atoms with Gasteiger partial charge in [-0.3, -0.25) is 14.2 Å². The van der Waals surface area contributed by atoms with E-state index in [0.717, 1.165) is 11.1 Å². The predicted molar refractivity (Wildman–Crippen MR) is 116 cm³/mol. The summed E-state index contributed by atoms with van der Waals surface area (Å²) in [5.41, 5.74) is 2.62. The van der Waals surface area contributed by atoms with Crippen molar-refractivity contribution in [3.8, 4) is 0 Å². The van der Waals surface area contributed by atoms with Gasteiger partial charge in [0.05, 0.1) is 29.2 Å². The van der Waals surface area contributed by atoms with Crippen LogP contribution in [0.4, 0.5) is 0 Å². The average Bonchev–Trinajstić information content (AvgIpc) is 3.09. The van der Waals surface area contributed by atoms with Crippen LogP contribution in [-0.4, -0.2) is 15.5 Å². The Morgan fingerprint density at radius 1 is 1.10 bits per heavy atom. The Labute approximate surface area is 172 Å². The quantitative estimate of drug-likeness (QED) is 0.540. The molecule has 0 radical (unpaired) electrons. The van der Waals surface area contributed by atoms with E-state index in [1.165, 1.54) is 11.3 Å². The predicted octanol–water partition coefficient (Wildman–Crippen LogP) is 4.31. The van der Waals surface area contributed by atoms with E-state index < -0.39 is 0 Å². The number of rotatable bonds is 5. The molecule has 1 unspecified atom stereocenters. The monoisotopic (exact) mass is 403 g/mol. The minimum Gasteiger partial charge on any atom is -0.345 e. The van der Waals surface area contributed by atoms with Crippen molar-refractivity contribution in [3.05, 3.63) is 98.9 Å². The number of carbonyl (C=O) groups is 1. The van der Waals surface area contributed by atoms with Crippen LogP contribution in [0, 0.1) is 6.92 Å². The van der Waals surface area contributed by atoms with Crippen LogP contribution in [0.15, 0.2) is 71.8 Å². The SMILES string of the molecule is Cc1c(C(=O)NC(C)c2ccccc2)sc2ncn(Cc3ccccc3)c(=O)c12. The van der Waals surface area contributed by atoms with E-state index >= 15 is 0 Å². The maximum Gasteiger partial charge on any atom is 0.262 e. The molecule has 2 aromatic heterocycles. The summed E-state index contributed by atoms with van der Waals surface area (Å²) in [6, 6.07) is 19.4. The third-order valence-electron chi connectivity index (χ3n) is 4.97. The number of thiophene rings is 1. The Morgan fingerprint density at radius 2 is 1.76 bits per heavy atom. The molecule has 0 saturated heterocycles. The Hall–Kier alpha value is -3.25. The van der Waals surface area contributed by atoms with Crippen molar-refractivity contribution >= 4 is 27.5 Å². The van der Waals surface area contributed by atoms with E-state index in [1.54, 1.807) is 10.9 Å². The normalized spacial score (nSPS) is 12.1. The average molecular weight is 404 g/mol. The molecule has 2 aromatic carbocycles. The van der Waals surface area contributed by atoms with Crippen LogP contribution in [0.2, 0.25) is 0 Å². The van der Waals surface area contributed by atoms with Gasteiger partial charge >= 0.3 is 0 Å². The van der Waals surface area contributed by atoms with Crippen molar-refractivity contribution in [2.24, 2.45) is 0 Å². The molecular weight excluding hydrogens is 382 g/mol. The van der Waals surface area contributed by atoms with Crippen LogP contribution in [-0.2, 0) is 6.54 Å². The van der Waals surface area contributed by atoms with Crippen LogP contribution in [0.5, 0.6) is 0 Å². The summed E-state index contributed by atoms with van der Waals surface area (Å²) in [6.45, 7) is 4.21. The highest BCUT2D eigenvalue weighted by molar-refractivity contribution is 7.20. The standard InChI is InChI=1S/C23H21N3O2S/c1-15-19-22(24-14-26(23(19)28)13-17-9-5-3-6-10-17)29-20(15)21(27)25-16(2)18-11-7-4-8-12-18/h3-12,14,16H,13H2,1-2H3,(H,25,27). The molecule has 0 aliphatic carbocycles. The van der Waals surface area contributed by atoms with Crippen LogP contribution in [0.1, 0.15) is 39.3 Å². The molecule has 1 atom stereocenters. The lowest BCUT2D eigenvalue weighted by Gasteiger charge is -2.13. The van der Waals surface area contributed by atoms with Crippen molar-refractivity contribution in [2.45, 2.75) is 26.4 Å². The first kappa shape index (κ1) is 19.1. The summed E-state index contributed by atoms with van der Waals surface area (Å²) in [5.74, 6) is -0.184. The molecule has 0 aliphatic heterocycles. The number of fused-ring (bicyclic) bond motifs is 1. The molecule has 1 N–H and O–H groups in total. The van der Waals surface area contributed by atoms with E-state index in [9.17, 15) is 9.59 Å². The molecule has 1 amide bonds. The second-order valence-corrected chi connectivity index (χ2v) is 8.00. The van der Waals surface area contributed by atoms with E-state index in [4.69, 9.17) is 0 Å². The molecule has 0 spiro atoms. The van der Waals surface area contributed by atoms with E-state index in [1.807, 2.05) is 74.5 Å². The second-order valence-electron chi connectivity index (χ2n) is 7.01. The van der Waals surface area contributed by atoms with Crippen molar-refractivity contribution in [1.82, 2.24) is 14.9 Å². The van der Waals surface area contributed by atoms with Gasteiger partial charge in [0.1, 0.15) is 4.83 Å². The molecule has 29 heavy (non-hydrogen) atoms. The maximum atomic E-state index is 13.0. The molecule has 4 rings (SSSR count). The summed E-state index contributed by atoms with van der Waals surface area (Å²) in [5, 5.41) is 3.54. The minimum atomic E-state index is -0.184. The summed E-state index contributed by atoms with van der Waals surface area (Å²) in [7, 11) is 0. The third-order valence-corrected chi connectivity index (χ3v) is 6.17. The summed E-state index contributed by atoms with van der Waals surface area (Å²) in [4.78, 5) is 31.5. The molecule has 6 heteroatoms. The van der Waals surface area contributed by atoms with Gasteiger partial charge in [-0.05, 0) is 30.5 Å². The molecule has 146 valence electrons. The van der Waals surface area contributed by atoms with Gasteiger partial charge in [0.15, 0.2) is 0 Å². The fourth-order valence-electron chi connectivity index (χ4n) is 3.36. The van der Waals surface area contributed by atoms with Gasteiger partial charge in [-0.15, -0.1) is 11.3 Å². The van der Waals surface area contributed by atoms with Crippen molar-refractivity contribution in [1.29, 1.82) is 0 Å². The highest BCUT2D eigenvalue weighted by atomic mass is 32.1. The number of aromatic nitrogens is 2. The first-order valence-corrected chi connectivity index (χ1v) is 10.2. The molecule has 5 nitrogen and oxygen atoms in total. The number of hydrogen-bond acceptors (Lipinski definition) is 4. The van der Waals surface area contributed by atoms with Crippen LogP contribution >= 0.6 is 11.3 Å². The van der Waals surface area contributed by atoms with Crippen LogP contribution in [0.25, 0.3) is 10.2 Å². The minimum absolute atomic E-state index is 0.122. The number of carbonyl (C=O) groups excluding carboxylic acids is 1. The van der Waals surface area contributed by atoms with Gasteiger partial charge in [0.25, 0.3) is 11.5 Å². The highest BCUT2D eigenvalue weighted by Gasteiger charge is 2.21. The van der Waals surface area contributed by atoms with Gasteiger partial charge in [-0.2, -0.15) is 0 Å². The first-order valence-electron chi connectivity index (χ1n) is 9.43. The molecule has 0 bridgehead atoms. The largest absolute Gasteiger partial charge is 0.345 e. The number of aryl methyl sites for hydroxylation is 1. The van der Waals surface area contributed by atoms with Crippen molar-refractivity contribution in [3.63, 3.8) is 0 Å². The molecule has 0 saturated carbocycles. The molecule has 2 heterocycles. The fraction of sp³-hybridized carbons (Fsp3) is 0.174. The van der Waals surface area contributed by atoms with Gasteiger partial charge in [-0.1, -0.05) is 60.7 Å². The van der Waals surface area contributed by atoms with Crippen molar-refractivity contribution in [2.75, 3.05) is 0 Å². The number of benzene rings is 2. The Morgan fingerprint density at radius 3 is 2.45 bits per heavy atom. The van der Waals surface area contributed by atoms with Gasteiger partial charge in [0.2, 0.25) is 0 Å². The topological polar surface area (TPSA) is 64.0 Å². The number of amides is 1. The number of hydrogen-bond donors (Lipinski definition) is 1. The number of nitrogens with one attached hydrogen (secondary N) is 1. The summed E-state index contributed by atoms with van der Waals surface area (Å²) < 4.78 is 1.59. The summed E-state index contributed by atoms with van der Waals surface area (Å²) in [6.07, 6.45) is 1.56. The van der Waals surface area contributed by atoms with E-state index in [-0.39, 0.29) is 17.5 Å². The zero-order chi connectivity index (χ0) is 20.4. The molecule has 0 aliphatic rings. The zero-order valence-corrected chi connectivity index (χ0v) is 17.1. The molecule has 4 aromatic rings. The lowest BCUT2D eigenvalue weighted by molar-refractivity contribution is 0.0943. The zero-order valence-electron chi connectivity index (χ0n) is 16.3. The fourth-order valence-corrected chi connectivity index (χ4v) is 4.40. The van der Waals surface area contributed by atoms with E-state index in [0.29, 0.717) is 27.2 Å². The van der Waals surface area contributed by atoms with Crippen molar-refractivity contribution < 1.29 is 4.79 Å². The number of nitrogens with zero attached hydrogens (tertiary/aromatic N) is 2. The van der Waals surface area contributed by atoms with Gasteiger partial charge in [-0.25, -0.2) is 4.98 Å². The van der Waals surface area contributed by atoms with E-state index in [2.05, 4.69) is 10.3 Å². The lowest BCUT2D eigenvalue weighted by atomic mass is 10.1. The third kappa shape index (κ3) is 3.84. The maximum absolute atomic E-state index is 13.0. The van der Waals surface area contributed by atoms with Gasteiger partial charge in [0, 0.05) is 0 Å². The second kappa shape index (κ2) is 8.01. The lowest BCUT2D eigenvalue weighted by Crippen LogP contribution is -2.26. The summed E-state index contributed by atoms with van der Waals surface area (Å²) >= 11 is 1.26. The van der Waals surface area contributed by atoms with Gasteiger partial charge < -0.3 is 5.32 Å². The molecule has 0 fully saturated rings. The first-order chi connectivity index (χ1) is 14.0. The Kier molecular flexibility index (Phi) is 5.27. The Bertz CT molecular complexity index is 1210. The van der Waals surface area contributed by atoms with Crippen LogP contribution < -0.4 is 10.9 Å². The molecular formula is C23H21N3O2S. The van der Waals surface area contributed by atoms with Crippen LogP contribution in [0.3, 0.4) is 0 Å². The highest BCUT2D eigenvalue weighted by Crippen LogP contribution is 2.27. The Balaban J connectivity index is 1.64. The smallest absolute Gasteiger partial charge is 0.262 e.